The number of benzene rings is 6. The first kappa shape index (κ1) is 74.8. The number of hydrogen-bond donors (Lipinski definition) is 14. The van der Waals surface area contributed by atoms with Gasteiger partial charge >= 0.3 is 0 Å². The molecule has 0 aromatic heterocycles. The number of hydrogen-bond acceptors (Lipinski definition) is 16. The lowest BCUT2D eigenvalue weighted by molar-refractivity contribution is 0.0650. The highest BCUT2D eigenvalue weighted by Crippen LogP contribution is 2.47. The van der Waals surface area contributed by atoms with Gasteiger partial charge in [0.2, 0.25) is 0 Å². The normalized spacial score (nSPS) is 10.9. The Hall–Kier alpha value is -7.24. The van der Waals surface area contributed by atoms with Crippen LogP contribution >= 0.6 is 0 Å². The number of aliphatic hydroxyl groups excluding tert-OH is 2. The second-order valence-electron chi connectivity index (χ2n) is 22.7. The highest BCUT2D eigenvalue weighted by molar-refractivity contribution is 5.55. The summed E-state index contributed by atoms with van der Waals surface area (Å²) >= 11 is 0. The maximum Gasteiger partial charge on any atom is 0.119 e. The standard InChI is InChI=1S/C16H26O2.C14H22O2.C10H14O2.3C6H6O2.C4H10O3.C2H6O/c1-7-15(3,4)13-11(17)9-10-12(18)14(13)16(5,6)8-2;1-13(2,3)11-9(15)7-8-10(16)12(11)14(4,5)6;1-10(2,3)8-6-7(11)4-5-9(8)12;3*7-5-1-2-6(8)4-3-5;5-1-3-7-4-2-6;1-3-2/h9-10,17-18H,7-8H2,1-6H3;7-8,15-16H,1-6H3;4-6,11-12H,1-3H3;3*1-4,7-8H;5-6H,1-4H2;1-2H3. The van der Waals surface area contributed by atoms with Gasteiger partial charge in [-0.05, 0) is 155 Å². The van der Waals surface area contributed by atoms with E-state index in [2.05, 4.69) is 51.0 Å². The molecule has 0 aliphatic carbocycles. The summed E-state index contributed by atoms with van der Waals surface area (Å²) in [4.78, 5) is 0. The zero-order valence-electron chi connectivity index (χ0n) is 50.3. The van der Waals surface area contributed by atoms with Gasteiger partial charge in [0.05, 0.1) is 26.4 Å². The molecule has 0 atom stereocenters. The van der Waals surface area contributed by atoms with Gasteiger partial charge in [-0.25, -0.2) is 0 Å². The average Bonchev–Trinajstić information content (AvgIpc) is 3.36. The van der Waals surface area contributed by atoms with E-state index in [1.807, 2.05) is 62.3 Å². The second kappa shape index (κ2) is 35.4. The van der Waals surface area contributed by atoms with Crippen molar-refractivity contribution in [1.29, 1.82) is 0 Å². The van der Waals surface area contributed by atoms with Gasteiger partial charge in [0, 0.05) is 42.0 Å². The van der Waals surface area contributed by atoms with Gasteiger partial charge in [0.25, 0.3) is 0 Å². The van der Waals surface area contributed by atoms with Crippen LogP contribution in [0.1, 0.15) is 145 Å². The maximum atomic E-state index is 10.2. The van der Waals surface area contributed by atoms with Crippen molar-refractivity contribution in [3.8, 4) is 69.0 Å². The molecule has 0 fully saturated rings. The monoisotopic (exact) mass is 1120 g/mol. The molecule has 0 aliphatic heterocycles. The number of ether oxygens (including phenoxy) is 2. The van der Waals surface area contributed by atoms with Crippen LogP contribution in [0.15, 0.2) is 115 Å². The molecule has 448 valence electrons. The van der Waals surface area contributed by atoms with E-state index in [4.69, 9.17) is 40.9 Å². The van der Waals surface area contributed by atoms with E-state index in [0.717, 1.165) is 40.7 Å². The predicted octanol–water partition coefficient (Wildman–Crippen LogP) is 13.1. The lowest BCUT2D eigenvalue weighted by Crippen LogP contribution is -2.25. The van der Waals surface area contributed by atoms with Crippen LogP contribution in [0.4, 0.5) is 0 Å². The third-order valence-electron chi connectivity index (χ3n) is 11.8. The first-order chi connectivity index (χ1) is 36.8. The van der Waals surface area contributed by atoms with Crippen molar-refractivity contribution in [3.05, 3.63) is 143 Å². The molecular formula is C64H96O16. The van der Waals surface area contributed by atoms with Gasteiger partial charge in [-0.3, -0.25) is 0 Å². The molecule has 0 unspecified atom stereocenters. The van der Waals surface area contributed by atoms with Crippen molar-refractivity contribution in [3.63, 3.8) is 0 Å². The van der Waals surface area contributed by atoms with Crippen LogP contribution in [0.5, 0.6) is 69.0 Å². The predicted molar refractivity (Wildman–Crippen MR) is 319 cm³/mol. The zero-order valence-corrected chi connectivity index (χ0v) is 50.3. The summed E-state index contributed by atoms with van der Waals surface area (Å²) in [5.41, 5.74) is 3.39. The Balaban J connectivity index is 0. The highest BCUT2D eigenvalue weighted by atomic mass is 16.5. The number of methoxy groups -OCH3 is 1. The molecule has 16 heteroatoms. The summed E-state index contributed by atoms with van der Waals surface area (Å²) < 4.78 is 8.88. The number of aromatic hydroxyl groups is 12. The smallest absolute Gasteiger partial charge is 0.119 e. The summed E-state index contributed by atoms with van der Waals surface area (Å²) in [6, 6.07) is 28.0. The Labute approximate surface area is 475 Å². The number of aliphatic hydroxyl groups is 2. The topological polar surface area (TPSA) is 302 Å². The molecule has 6 aromatic rings. The van der Waals surface area contributed by atoms with Gasteiger partial charge in [-0.15, -0.1) is 0 Å². The Kier molecular flexibility index (Phi) is 33.1. The third-order valence-corrected chi connectivity index (χ3v) is 11.8. The molecule has 14 N–H and O–H groups in total. The molecule has 0 saturated heterocycles. The molecule has 0 aliphatic rings. The lowest BCUT2D eigenvalue weighted by atomic mass is 9.70. The van der Waals surface area contributed by atoms with Crippen LogP contribution in [0.3, 0.4) is 0 Å². The van der Waals surface area contributed by atoms with Crippen molar-refractivity contribution in [2.75, 3.05) is 40.6 Å². The van der Waals surface area contributed by atoms with Crippen LogP contribution in [-0.4, -0.2) is 112 Å². The minimum Gasteiger partial charge on any atom is -0.508 e. The first-order valence-electron chi connectivity index (χ1n) is 26.1. The van der Waals surface area contributed by atoms with E-state index in [9.17, 15) is 30.6 Å². The Morgan fingerprint density at radius 1 is 0.312 bits per heavy atom. The number of phenolic OH excluding ortho intramolecular Hbond substituents is 12. The SMILES string of the molecule is CC(C)(C)c1c(O)ccc(O)c1C(C)(C)C.CC(C)(C)c1cc(O)ccc1O.CCC(C)(C)c1c(O)ccc(O)c1C(C)(C)CC.COC.OCCOCCO.Oc1ccc(O)cc1.Oc1ccc(O)cc1.Oc1ccc(O)cc1. The molecular weight excluding hydrogens is 1020 g/mol. The van der Waals surface area contributed by atoms with Crippen LogP contribution < -0.4 is 0 Å². The molecule has 0 bridgehead atoms. The molecule has 0 radical (unpaired) electrons. The van der Waals surface area contributed by atoms with E-state index in [1.165, 1.54) is 84.9 Å². The van der Waals surface area contributed by atoms with Crippen LogP contribution in [0.25, 0.3) is 0 Å². The second-order valence-corrected chi connectivity index (χ2v) is 22.7. The van der Waals surface area contributed by atoms with E-state index >= 15 is 0 Å². The van der Waals surface area contributed by atoms with Gasteiger partial charge in [-0.2, -0.15) is 0 Å². The van der Waals surface area contributed by atoms with E-state index < -0.39 is 0 Å². The van der Waals surface area contributed by atoms with Gasteiger partial charge in [0.15, 0.2) is 0 Å². The summed E-state index contributed by atoms with van der Waals surface area (Å²) in [5, 5.41) is 127. The van der Waals surface area contributed by atoms with Crippen LogP contribution in [-0.2, 0) is 36.5 Å². The highest BCUT2D eigenvalue weighted by Gasteiger charge is 2.34. The molecule has 6 aromatic carbocycles. The van der Waals surface area contributed by atoms with E-state index in [-0.39, 0.29) is 109 Å². The zero-order chi connectivity index (χ0) is 62.4. The molecule has 0 saturated carbocycles. The van der Waals surface area contributed by atoms with Crippen LogP contribution in [0, 0.1) is 0 Å². The molecule has 0 spiro atoms. The lowest BCUT2D eigenvalue weighted by Gasteiger charge is -2.34. The first-order valence-corrected chi connectivity index (χ1v) is 26.1. The summed E-state index contributed by atoms with van der Waals surface area (Å²) in [6.07, 6.45) is 1.83. The van der Waals surface area contributed by atoms with E-state index in [1.54, 1.807) is 44.6 Å². The summed E-state index contributed by atoms with van der Waals surface area (Å²) in [5.74, 6) is 2.54. The third kappa shape index (κ3) is 28.6. The summed E-state index contributed by atoms with van der Waals surface area (Å²) in [6.45, 7) is 31.5. The minimum absolute atomic E-state index is 0.0278. The van der Waals surface area contributed by atoms with Crippen molar-refractivity contribution in [2.45, 2.75) is 144 Å². The van der Waals surface area contributed by atoms with Gasteiger partial charge in [-0.1, -0.05) is 104 Å². The molecule has 0 amide bonds. The van der Waals surface area contributed by atoms with Crippen molar-refractivity contribution >= 4 is 0 Å². The fourth-order valence-corrected chi connectivity index (χ4v) is 7.12. The van der Waals surface area contributed by atoms with Crippen molar-refractivity contribution < 1.29 is 81.0 Å². The Morgan fingerprint density at radius 2 is 0.525 bits per heavy atom. The fraction of sp³-hybridized carbons (Fsp3) is 0.438. The average molecular weight is 1120 g/mol. The molecule has 80 heavy (non-hydrogen) atoms. The van der Waals surface area contributed by atoms with Gasteiger partial charge in [0.1, 0.15) is 69.0 Å². The summed E-state index contributed by atoms with van der Waals surface area (Å²) in [7, 11) is 3.25. The molecule has 16 nitrogen and oxygen atoms in total. The molecule has 6 rings (SSSR count). The molecule has 0 heterocycles. The number of phenols is 12. The Morgan fingerprint density at radius 3 is 0.713 bits per heavy atom. The van der Waals surface area contributed by atoms with Crippen molar-refractivity contribution in [1.82, 2.24) is 0 Å². The van der Waals surface area contributed by atoms with Gasteiger partial charge < -0.3 is 81.0 Å². The number of rotatable bonds is 8. The van der Waals surface area contributed by atoms with Crippen molar-refractivity contribution in [2.24, 2.45) is 0 Å². The Bertz CT molecular complexity index is 2370. The largest absolute Gasteiger partial charge is 0.508 e. The quantitative estimate of drug-likeness (QED) is 0.0498. The fourth-order valence-electron chi connectivity index (χ4n) is 7.12. The van der Waals surface area contributed by atoms with Crippen LogP contribution in [0.2, 0.25) is 0 Å². The maximum absolute atomic E-state index is 10.2. The van der Waals surface area contributed by atoms with E-state index in [0.29, 0.717) is 13.2 Å². The minimum atomic E-state index is -0.189.